The molecule has 1 heterocycles. The zero-order valence-corrected chi connectivity index (χ0v) is 11.7. The van der Waals surface area contributed by atoms with Gasteiger partial charge in [0.2, 0.25) is 0 Å². The first-order valence-corrected chi connectivity index (χ1v) is 7.33. The van der Waals surface area contributed by atoms with Gasteiger partial charge in [0.25, 0.3) is 0 Å². The first kappa shape index (κ1) is 14.5. The summed E-state index contributed by atoms with van der Waals surface area (Å²) < 4.78 is 18.3. The molecule has 1 atom stereocenters. The van der Waals surface area contributed by atoms with Crippen LogP contribution in [0.15, 0.2) is 24.3 Å². The predicted octanol–water partition coefficient (Wildman–Crippen LogP) is 3.16. The molecular formula is C16H24FNO. The monoisotopic (exact) mass is 265 g/mol. The minimum absolute atomic E-state index is 0.159. The third-order valence-electron chi connectivity index (χ3n) is 3.85. The van der Waals surface area contributed by atoms with Crippen LogP contribution in [0.25, 0.3) is 0 Å². The summed E-state index contributed by atoms with van der Waals surface area (Å²) in [5.74, 6) is 0.603. The van der Waals surface area contributed by atoms with Crippen molar-refractivity contribution in [3.63, 3.8) is 0 Å². The molecular weight excluding hydrogens is 241 g/mol. The summed E-state index contributed by atoms with van der Waals surface area (Å²) in [6.07, 6.45) is 4.51. The Morgan fingerprint density at radius 1 is 1.26 bits per heavy atom. The maximum absolute atomic E-state index is 12.9. The van der Waals surface area contributed by atoms with E-state index in [0.717, 1.165) is 32.1 Å². The molecule has 0 amide bonds. The molecule has 1 aliphatic heterocycles. The molecule has 1 aliphatic rings. The summed E-state index contributed by atoms with van der Waals surface area (Å²) in [7, 11) is 0. The molecule has 1 aromatic rings. The highest BCUT2D eigenvalue weighted by Crippen LogP contribution is 2.21. The second-order valence-electron chi connectivity index (χ2n) is 5.38. The van der Waals surface area contributed by atoms with E-state index < -0.39 is 0 Å². The average Bonchev–Trinajstić information content (AvgIpc) is 2.43. The summed E-state index contributed by atoms with van der Waals surface area (Å²) in [5.41, 5.74) is 1.21. The molecule has 0 aromatic heterocycles. The van der Waals surface area contributed by atoms with E-state index in [9.17, 15) is 4.39 Å². The SMILES string of the molecule is CCNC(Cc1ccc(F)cc1)CC1CCOCC1. The van der Waals surface area contributed by atoms with Crippen molar-refractivity contribution < 1.29 is 9.13 Å². The average molecular weight is 265 g/mol. The van der Waals surface area contributed by atoms with E-state index in [2.05, 4.69) is 12.2 Å². The number of benzene rings is 1. The van der Waals surface area contributed by atoms with Crippen LogP contribution in [-0.2, 0) is 11.2 Å². The van der Waals surface area contributed by atoms with Gasteiger partial charge in [-0.25, -0.2) is 4.39 Å². The minimum atomic E-state index is -0.159. The van der Waals surface area contributed by atoms with Crippen molar-refractivity contribution in [2.24, 2.45) is 5.92 Å². The molecule has 1 N–H and O–H groups in total. The molecule has 0 radical (unpaired) electrons. The van der Waals surface area contributed by atoms with Crippen LogP contribution in [0.1, 0.15) is 31.7 Å². The third-order valence-corrected chi connectivity index (χ3v) is 3.85. The number of halogens is 1. The number of hydrogen-bond donors (Lipinski definition) is 1. The summed E-state index contributed by atoms with van der Waals surface area (Å²) in [6, 6.07) is 7.37. The molecule has 0 bridgehead atoms. The van der Waals surface area contributed by atoms with E-state index in [4.69, 9.17) is 4.74 Å². The Kier molecular flexibility index (Phi) is 5.80. The van der Waals surface area contributed by atoms with Crippen molar-refractivity contribution in [3.05, 3.63) is 35.6 Å². The standard InChI is InChI=1S/C16H24FNO/c1-2-18-16(12-14-7-9-19-10-8-14)11-13-3-5-15(17)6-4-13/h3-6,14,16,18H,2,7-12H2,1H3. The van der Waals surface area contributed by atoms with Crippen LogP contribution in [0.3, 0.4) is 0 Å². The first-order chi connectivity index (χ1) is 9.28. The number of likely N-dealkylation sites (N-methyl/N-ethyl adjacent to an activating group) is 1. The quantitative estimate of drug-likeness (QED) is 0.853. The number of nitrogens with one attached hydrogen (secondary N) is 1. The van der Waals surface area contributed by atoms with Crippen molar-refractivity contribution in [1.82, 2.24) is 5.32 Å². The normalized spacial score (nSPS) is 18.4. The highest BCUT2D eigenvalue weighted by Gasteiger charge is 2.19. The molecule has 0 saturated carbocycles. The highest BCUT2D eigenvalue weighted by atomic mass is 19.1. The maximum Gasteiger partial charge on any atom is 0.123 e. The topological polar surface area (TPSA) is 21.3 Å². The van der Waals surface area contributed by atoms with Crippen LogP contribution >= 0.6 is 0 Å². The molecule has 106 valence electrons. The molecule has 3 heteroatoms. The minimum Gasteiger partial charge on any atom is -0.381 e. The Morgan fingerprint density at radius 2 is 1.95 bits per heavy atom. The summed E-state index contributed by atoms with van der Waals surface area (Å²) >= 11 is 0. The lowest BCUT2D eigenvalue weighted by atomic mass is 9.90. The fourth-order valence-electron chi connectivity index (χ4n) is 2.82. The Hall–Kier alpha value is -0.930. The van der Waals surface area contributed by atoms with Gasteiger partial charge < -0.3 is 10.1 Å². The lowest BCUT2D eigenvalue weighted by Gasteiger charge is -2.27. The van der Waals surface area contributed by atoms with E-state index in [1.165, 1.54) is 24.8 Å². The Morgan fingerprint density at radius 3 is 2.58 bits per heavy atom. The van der Waals surface area contributed by atoms with Crippen LogP contribution in [0.5, 0.6) is 0 Å². The van der Waals surface area contributed by atoms with E-state index in [1.807, 2.05) is 12.1 Å². The summed E-state index contributed by atoms with van der Waals surface area (Å²) in [5, 5.41) is 3.56. The van der Waals surface area contributed by atoms with Crippen molar-refractivity contribution in [2.75, 3.05) is 19.8 Å². The molecule has 19 heavy (non-hydrogen) atoms. The van der Waals surface area contributed by atoms with Gasteiger partial charge in [0.05, 0.1) is 0 Å². The van der Waals surface area contributed by atoms with Crippen molar-refractivity contribution in [3.8, 4) is 0 Å². The molecule has 1 saturated heterocycles. The molecule has 2 rings (SSSR count). The Labute approximate surface area is 115 Å². The molecule has 1 unspecified atom stereocenters. The van der Waals surface area contributed by atoms with Crippen molar-refractivity contribution >= 4 is 0 Å². The van der Waals surface area contributed by atoms with Crippen molar-refractivity contribution in [2.45, 2.75) is 38.6 Å². The largest absolute Gasteiger partial charge is 0.381 e. The molecule has 1 fully saturated rings. The van der Waals surface area contributed by atoms with Gasteiger partial charge in [-0.1, -0.05) is 19.1 Å². The van der Waals surface area contributed by atoms with E-state index in [-0.39, 0.29) is 5.82 Å². The van der Waals surface area contributed by atoms with Gasteiger partial charge in [0.15, 0.2) is 0 Å². The molecule has 0 aliphatic carbocycles. The maximum atomic E-state index is 12.9. The number of hydrogen-bond acceptors (Lipinski definition) is 2. The summed E-state index contributed by atoms with van der Waals surface area (Å²) in [4.78, 5) is 0. The van der Waals surface area contributed by atoms with Gasteiger partial charge in [0, 0.05) is 19.3 Å². The lowest BCUT2D eigenvalue weighted by molar-refractivity contribution is 0.0606. The van der Waals surface area contributed by atoms with Gasteiger partial charge >= 0.3 is 0 Å². The smallest absolute Gasteiger partial charge is 0.123 e. The zero-order valence-electron chi connectivity index (χ0n) is 11.7. The molecule has 2 nitrogen and oxygen atoms in total. The summed E-state index contributed by atoms with van der Waals surface area (Å²) in [6.45, 7) is 4.93. The highest BCUT2D eigenvalue weighted by molar-refractivity contribution is 5.17. The third kappa shape index (κ3) is 4.92. The van der Waals surface area contributed by atoms with Crippen LogP contribution in [0.2, 0.25) is 0 Å². The Balaban J connectivity index is 1.89. The van der Waals surface area contributed by atoms with Gasteiger partial charge in [-0.05, 0) is 55.8 Å². The van der Waals surface area contributed by atoms with E-state index >= 15 is 0 Å². The lowest BCUT2D eigenvalue weighted by Crippen LogP contribution is -2.34. The second kappa shape index (κ2) is 7.61. The fraction of sp³-hybridized carbons (Fsp3) is 0.625. The van der Waals surface area contributed by atoms with Crippen LogP contribution in [0.4, 0.5) is 4.39 Å². The van der Waals surface area contributed by atoms with Crippen LogP contribution in [0, 0.1) is 11.7 Å². The zero-order chi connectivity index (χ0) is 13.5. The van der Waals surface area contributed by atoms with E-state index in [1.54, 1.807) is 12.1 Å². The van der Waals surface area contributed by atoms with Crippen molar-refractivity contribution in [1.29, 1.82) is 0 Å². The fourth-order valence-corrected chi connectivity index (χ4v) is 2.82. The molecule has 0 spiro atoms. The van der Waals surface area contributed by atoms with Crippen LogP contribution < -0.4 is 5.32 Å². The second-order valence-corrected chi connectivity index (χ2v) is 5.38. The van der Waals surface area contributed by atoms with E-state index in [0.29, 0.717) is 6.04 Å². The number of ether oxygens (including phenoxy) is 1. The molecule has 1 aromatic carbocycles. The van der Waals surface area contributed by atoms with Gasteiger partial charge in [-0.2, -0.15) is 0 Å². The van der Waals surface area contributed by atoms with Gasteiger partial charge in [-0.15, -0.1) is 0 Å². The van der Waals surface area contributed by atoms with Gasteiger partial charge in [-0.3, -0.25) is 0 Å². The number of rotatable bonds is 6. The van der Waals surface area contributed by atoms with Crippen LogP contribution in [-0.4, -0.2) is 25.8 Å². The predicted molar refractivity (Wildman–Crippen MR) is 75.7 cm³/mol. The first-order valence-electron chi connectivity index (χ1n) is 7.33. The van der Waals surface area contributed by atoms with Gasteiger partial charge in [0.1, 0.15) is 5.82 Å². The Bertz CT molecular complexity index is 360.